The van der Waals surface area contributed by atoms with Crippen molar-refractivity contribution >= 4 is 52.5 Å². The molecule has 4 nitrogen and oxygen atoms in total. The second-order valence-electron chi connectivity index (χ2n) is 5.21. The van der Waals surface area contributed by atoms with Gasteiger partial charge >= 0.3 is 0 Å². The number of carbonyl (C=O) groups is 2. The molecule has 128 valence electrons. The van der Waals surface area contributed by atoms with Gasteiger partial charge in [-0.1, -0.05) is 42.6 Å². The highest BCUT2D eigenvalue weighted by Crippen LogP contribution is 2.29. The highest BCUT2D eigenvalue weighted by atomic mass is 35.5. The monoisotopic (exact) mass is 376 g/mol. The van der Waals surface area contributed by atoms with Gasteiger partial charge < -0.3 is 10.2 Å². The zero-order valence-electron chi connectivity index (χ0n) is 13.6. The lowest BCUT2D eigenvalue weighted by Crippen LogP contribution is -2.39. The number of nitrogens with one attached hydrogen (secondary N) is 1. The van der Waals surface area contributed by atoms with Crippen LogP contribution in [0.1, 0.15) is 26.7 Å². The van der Waals surface area contributed by atoms with Crippen molar-refractivity contribution in [3.05, 3.63) is 28.2 Å². The van der Waals surface area contributed by atoms with E-state index in [4.69, 9.17) is 23.2 Å². The van der Waals surface area contributed by atoms with Crippen LogP contribution >= 0.6 is 35.0 Å². The minimum atomic E-state index is -0.332. The van der Waals surface area contributed by atoms with E-state index in [1.807, 2.05) is 6.92 Å². The number of para-hydroxylation sites is 1. The lowest BCUT2D eigenvalue weighted by molar-refractivity contribution is -0.132. The Morgan fingerprint density at radius 3 is 2.48 bits per heavy atom. The lowest BCUT2D eigenvalue weighted by Gasteiger charge is -2.21. The summed E-state index contributed by atoms with van der Waals surface area (Å²) in [6.07, 6.45) is 2.18. The summed E-state index contributed by atoms with van der Waals surface area (Å²) in [5.41, 5.74) is 0.368. The van der Waals surface area contributed by atoms with E-state index in [1.54, 1.807) is 37.0 Å². The van der Waals surface area contributed by atoms with Crippen LogP contribution in [0.4, 0.5) is 5.69 Å². The van der Waals surface area contributed by atoms with Crippen molar-refractivity contribution in [2.75, 3.05) is 24.7 Å². The van der Waals surface area contributed by atoms with E-state index in [9.17, 15) is 9.59 Å². The van der Waals surface area contributed by atoms with Gasteiger partial charge in [-0.05, 0) is 31.2 Å². The molecule has 1 aromatic carbocycles. The van der Waals surface area contributed by atoms with Gasteiger partial charge in [0.25, 0.3) is 0 Å². The van der Waals surface area contributed by atoms with Gasteiger partial charge in [-0.25, -0.2) is 0 Å². The molecular formula is C16H22Cl2N2O2S. The fourth-order valence-corrected chi connectivity index (χ4v) is 3.50. The number of amides is 2. The van der Waals surface area contributed by atoms with Gasteiger partial charge in [-0.2, -0.15) is 0 Å². The molecule has 0 fully saturated rings. The topological polar surface area (TPSA) is 49.4 Å². The smallest absolute Gasteiger partial charge is 0.244 e. The molecular weight excluding hydrogens is 355 g/mol. The minimum absolute atomic E-state index is 0.0426. The van der Waals surface area contributed by atoms with E-state index in [2.05, 4.69) is 12.2 Å². The van der Waals surface area contributed by atoms with E-state index in [1.165, 1.54) is 4.90 Å². The van der Waals surface area contributed by atoms with Crippen LogP contribution in [0.5, 0.6) is 0 Å². The van der Waals surface area contributed by atoms with Crippen molar-refractivity contribution in [1.29, 1.82) is 0 Å². The molecule has 0 aliphatic heterocycles. The standard InChI is InChI=1S/C16H22Cl2N2O2S/c1-4-5-9-23-11(2)16(22)20(3)10-14(21)19-15-12(17)7-6-8-13(15)18/h6-8,11H,4-5,9-10H2,1-3H3,(H,19,21). The van der Waals surface area contributed by atoms with Crippen molar-refractivity contribution in [2.24, 2.45) is 0 Å². The zero-order chi connectivity index (χ0) is 17.4. The predicted octanol–water partition coefficient (Wildman–Crippen LogP) is 4.31. The molecule has 0 saturated heterocycles. The average molecular weight is 377 g/mol. The summed E-state index contributed by atoms with van der Waals surface area (Å²) in [7, 11) is 1.62. The van der Waals surface area contributed by atoms with Gasteiger partial charge in [0, 0.05) is 7.05 Å². The Morgan fingerprint density at radius 2 is 1.91 bits per heavy atom. The summed E-state index contributed by atoms with van der Waals surface area (Å²) in [5.74, 6) is 0.548. The van der Waals surface area contributed by atoms with Gasteiger partial charge in [0.05, 0.1) is 27.5 Å². The van der Waals surface area contributed by atoms with Crippen molar-refractivity contribution in [2.45, 2.75) is 31.9 Å². The van der Waals surface area contributed by atoms with Gasteiger partial charge in [-0.15, -0.1) is 11.8 Å². The molecule has 0 radical (unpaired) electrons. The first-order chi connectivity index (χ1) is 10.9. The minimum Gasteiger partial charge on any atom is -0.335 e. The molecule has 0 spiro atoms. The SMILES string of the molecule is CCCCSC(C)C(=O)N(C)CC(=O)Nc1c(Cl)cccc1Cl. The zero-order valence-corrected chi connectivity index (χ0v) is 15.9. The van der Waals surface area contributed by atoms with E-state index >= 15 is 0 Å². The molecule has 1 rings (SSSR count). The van der Waals surface area contributed by atoms with Gasteiger partial charge in [0.2, 0.25) is 11.8 Å². The number of likely N-dealkylation sites (N-methyl/N-ethyl adjacent to an activating group) is 1. The molecule has 7 heteroatoms. The molecule has 1 unspecified atom stereocenters. The number of unbranched alkanes of at least 4 members (excludes halogenated alkanes) is 1. The first kappa shape index (κ1) is 20.1. The first-order valence-corrected chi connectivity index (χ1v) is 9.27. The molecule has 23 heavy (non-hydrogen) atoms. The molecule has 1 N–H and O–H groups in total. The second kappa shape index (κ2) is 10.1. The second-order valence-corrected chi connectivity index (χ2v) is 7.47. The van der Waals surface area contributed by atoms with Crippen LogP contribution in [0, 0.1) is 0 Å². The number of halogens is 2. The van der Waals surface area contributed by atoms with E-state index in [0.717, 1.165) is 18.6 Å². The van der Waals surface area contributed by atoms with Crippen LogP contribution in [0.2, 0.25) is 10.0 Å². The van der Waals surface area contributed by atoms with Crippen LogP contribution in [0.25, 0.3) is 0 Å². The molecule has 0 bridgehead atoms. The molecule has 0 aromatic heterocycles. The highest BCUT2D eigenvalue weighted by Gasteiger charge is 2.20. The summed E-state index contributed by atoms with van der Waals surface area (Å²) in [4.78, 5) is 25.7. The number of anilines is 1. The number of hydrogen-bond donors (Lipinski definition) is 1. The average Bonchev–Trinajstić information content (AvgIpc) is 2.50. The van der Waals surface area contributed by atoms with E-state index in [0.29, 0.717) is 15.7 Å². The number of nitrogens with zero attached hydrogens (tertiary/aromatic N) is 1. The van der Waals surface area contributed by atoms with E-state index in [-0.39, 0.29) is 23.6 Å². The highest BCUT2D eigenvalue weighted by molar-refractivity contribution is 8.00. The summed E-state index contributed by atoms with van der Waals surface area (Å²) in [6.45, 7) is 3.93. The number of hydrogen-bond acceptors (Lipinski definition) is 3. The van der Waals surface area contributed by atoms with Gasteiger partial charge in [-0.3, -0.25) is 9.59 Å². The van der Waals surface area contributed by atoms with Crippen molar-refractivity contribution in [3.8, 4) is 0 Å². The number of benzene rings is 1. The largest absolute Gasteiger partial charge is 0.335 e. The third-order valence-corrected chi connectivity index (χ3v) is 5.05. The van der Waals surface area contributed by atoms with Crippen LogP contribution in [0.3, 0.4) is 0 Å². The van der Waals surface area contributed by atoms with Crippen molar-refractivity contribution in [1.82, 2.24) is 4.90 Å². The number of carbonyl (C=O) groups excluding carboxylic acids is 2. The van der Waals surface area contributed by atoms with Crippen molar-refractivity contribution < 1.29 is 9.59 Å². The van der Waals surface area contributed by atoms with Crippen molar-refractivity contribution in [3.63, 3.8) is 0 Å². The maximum Gasteiger partial charge on any atom is 0.244 e. The van der Waals surface area contributed by atoms with Gasteiger partial charge in [0.15, 0.2) is 0 Å². The molecule has 0 aliphatic rings. The third-order valence-electron chi connectivity index (χ3n) is 3.20. The Kier molecular flexibility index (Phi) is 8.81. The quantitative estimate of drug-likeness (QED) is 0.687. The van der Waals surface area contributed by atoms with Crippen LogP contribution < -0.4 is 5.32 Å². The Balaban J connectivity index is 2.54. The molecule has 1 aromatic rings. The predicted molar refractivity (Wildman–Crippen MR) is 99.6 cm³/mol. The third kappa shape index (κ3) is 6.61. The molecule has 2 amide bonds. The fourth-order valence-electron chi connectivity index (χ4n) is 1.88. The number of rotatable bonds is 8. The Labute approximate surface area is 151 Å². The normalized spacial score (nSPS) is 11.9. The molecule has 0 saturated carbocycles. The Morgan fingerprint density at radius 1 is 1.30 bits per heavy atom. The molecule has 1 atom stereocenters. The number of thioether (sulfide) groups is 1. The summed E-state index contributed by atoms with van der Waals surface area (Å²) < 4.78 is 0. The van der Waals surface area contributed by atoms with Crippen LogP contribution in [0.15, 0.2) is 18.2 Å². The molecule has 0 aliphatic carbocycles. The fraction of sp³-hybridized carbons (Fsp3) is 0.500. The Hall–Kier alpha value is -0.910. The van der Waals surface area contributed by atoms with Crippen LogP contribution in [-0.2, 0) is 9.59 Å². The summed E-state index contributed by atoms with van der Waals surface area (Å²) in [5, 5.41) is 3.22. The molecule has 0 heterocycles. The van der Waals surface area contributed by atoms with Gasteiger partial charge in [0.1, 0.15) is 0 Å². The van der Waals surface area contributed by atoms with E-state index < -0.39 is 0 Å². The Bertz CT molecular complexity index is 535. The summed E-state index contributed by atoms with van der Waals surface area (Å²) in [6, 6.07) is 4.99. The van der Waals surface area contributed by atoms with Crippen LogP contribution in [-0.4, -0.2) is 41.3 Å². The summed E-state index contributed by atoms with van der Waals surface area (Å²) >= 11 is 13.6. The lowest BCUT2D eigenvalue weighted by atomic mass is 10.3. The maximum absolute atomic E-state index is 12.2. The maximum atomic E-state index is 12.2. The first-order valence-electron chi connectivity index (χ1n) is 7.47.